The number of nitrogens with one attached hydrogen (secondary N) is 1. The van der Waals surface area contributed by atoms with Crippen molar-refractivity contribution in [2.45, 2.75) is 19.8 Å². The van der Waals surface area contributed by atoms with Crippen LogP contribution in [0.4, 0.5) is 5.00 Å². The summed E-state index contributed by atoms with van der Waals surface area (Å²) in [5, 5.41) is 14.3. The van der Waals surface area contributed by atoms with Crippen molar-refractivity contribution in [2.75, 3.05) is 5.32 Å². The molecule has 2 aromatic heterocycles. The highest BCUT2D eigenvalue weighted by Gasteiger charge is 2.13. The fourth-order valence-electron chi connectivity index (χ4n) is 1.65. The van der Waals surface area contributed by atoms with Crippen LogP contribution in [0.5, 0.6) is 0 Å². The van der Waals surface area contributed by atoms with Crippen molar-refractivity contribution >= 4 is 39.6 Å². The van der Waals surface area contributed by atoms with E-state index in [0.29, 0.717) is 23.4 Å². The van der Waals surface area contributed by atoms with Crippen molar-refractivity contribution in [1.29, 1.82) is 0 Å². The lowest BCUT2D eigenvalue weighted by molar-refractivity contribution is -0.116. The Morgan fingerprint density at radius 1 is 1.42 bits per heavy atom. The number of thiophene rings is 2. The topological polar surface area (TPSA) is 66.4 Å². The number of hydrogen-bond donors (Lipinski definition) is 2. The van der Waals surface area contributed by atoms with Gasteiger partial charge in [0.25, 0.3) is 0 Å². The van der Waals surface area contributed by atoms with Crippen LogP contribution in [0.3, 0.4) is 0 Å². The summed E-state index contributed by atoms with van der Waals surface area (Å²) < 4.78 is 0. The Morgan fingerprint density at radius 2 is 2.21 bits per heavy atom. The third-order valence-corrected chi connectivity index (χ3v) is 4.63. The Kier molecular flexibility index (Phi) is 4.34. The van der Waals surface area contributed by atoms with Gasteiger partial charge in [-0.1, -0.05) is 6.07 Å². The van der Waals surface area contributed by atoms with Gasteiger partial charge in [-0.25, -0.2) is 4.79 Å². The highest BCUT2D eigenvalue weighted by molar-refractivity contribution is 7.18. The van der Waals surface area contributed by atoms with Gasteiger partial charge in [0.05, 0.1) is 5.00 Å². The molecule has 0 aliphatic rings. The molecule has 2 N–H and O–H groups in total. The van der Waals surface area contributed by atoms with Gasteiger partial charge in [-0.15, -0.1) is 22.7 Å². The van der Waals surface area contributed by atoms with Gasteiger partial charge in [0, 0.05) is 11.3 Å². The number of anilines is 1. The molecule has 0 radical (unpaired) electrons. The summed E-state index contributed by atoms with van der Waals surface area (Å²) in [4.78, 5) is 24.1. The summed E-state index contributed by atoms with van der Waals surface area (Å²) in [5.41, 5.74) is 0.672. The lowest BCUT2D eigenvalue weighted by Crippen LogP contribution is -2.10. The van der Waals surface area contributed by atoms with E-state index in [1.165, 1.54) is 4.88 Å². The van der Waals surface area contributed by atoms with Crippen LogP contribution >= 0.6 is 22.7 Å². The van der Waals surface area contributed by atoms with Crippen LogP contribution in [-0.4, -0.2) is 17.0 Å². The number of aryl methyl sites for hydroxylation is 2. The van der Waals surface area contributed by atoms with Crippen LogP contribution in [0.15, 0.2) is 23.6 Å². The van der Waals surface area contributed by atoms with Crippen molar-refractivity contribution in [1.82, 2.24) is 0 Å². The van der Waals surface area contributed by atoms with E-state index in [0.717, 1.165) is 11.3 Å². The first-order valence-corrected chi connectivity index (χ1v) is 7.42. The van der Waals surface area contributed by atoms with Crippen LogP contribution in [0.25, 0.3) is 0 Å². The first-order valence-electron chi connectivity index (χ1n) is 5.72. The van der Waals surface area contributed by atoms with Gasteiger partial charge in [0.1, 0.15) is 4.88 Å². The SMILES string of the molecule is Cc1cc(NC(=O)CCc2cccs2)sc1C(=O)O. The molecule has 2 rings (SSSR count). The minimum absolute atomic E-state index is 0.0911. The van der Waals surface area contributed by atoms with Crippen molar-refractivity contribution < 1.29 is 14.7 Å². The van der Waals surface area contributed by atoms with Gasteiger partial charge in [0.2, 0.25) is 5.91 Å². The molecule has 1 amide bonds. The molecule has 0 fully saturated rings. The third kappa shape index (κ3) is 3.65. The first kappa shape index (κ1) is 13.8. The largest absolute Gasteiger partial charge is 0.477 e. The molecule has 0 saturated carbocycles. The van der Waals surface area contributed by atoms with Crippen LogP contribution in [-0.2, 0) is 11.2 Å². The predicted molar refractivity (Wildman–Crippen MR) is 77.3 cm³/mol. The van der Waals surface area contributed by atoms with Crippen molar-refractivity contribution in [3.8, 4) is 0 Å². The second-order valence-electron chi connectivity index (χ2n) is 4.06. The highest BCUT2D eigenvalue weighted by Crippen LogP contribution is 2.26. The zero-order valence-corrected chi connectivity index (χ0v) is 11.9. The maximum atomic E-state index is 11.8. The molecule has 19 heavy (non-hydrogen) atoms. The number of carbonyl (C=O) groups is 2. The average Bonchev–Trinajstić information content (AvgIpc) is 2.96. The van der Waals surface area contributed by atoms with Crippen molar-refractivity contribution in [2.24, 2.45) is 0 Å². The van der Waals surface area contributed by atoms with Gasteiger partial charge >= 0.3 is 5.97 Å². The van der Waals surface area contributed by atoms with E-state index in [-0.39, 0.29) is 10.8 Å². The monoisotopic (exact) mass is 295 g/mol. The van der Waals surface area contributed by atoms with E-state index in [1.54, 1.807) is 24.3 Å². The maximum absolute atomic E-state index is 11.8. The highest BCUT2D eigenvalue weighted by atomic mass is 32.1. The quantitative estimate of drug-likeness (QED) is 0.888. The van der Waals surface area contributed by atoms with E-state index < -0.39 is 5.97 Å². The van der Waals surface area contributed by atoms with E-state index >= 15 is 0 Å². The van der Waals surface area contributed by atoms with E-state index in [1.807, 2.05) is 17.5 Å². The fraction of sp³-hybridized carbons (Fsp3) is 0.231. The minimum atomic E-state index is -0.957. The molecule has 6 heteroatoms. The zero-order valence-electron chi connectivity index (χ0n) is 10.3. The maximum Gasteiger partial charge on any atom is 0.346 e. The number of carboxylic acids is 1. The normalized spacial score (nSPS) is 10.4. The van der Waals surface area contributed by atoms with Crippen molar-refractivity contribution in [3.63, 3.8) is 0 Å². The van der Waals surface area contributed by atoms with Crippen LogP contribution < -0.4 is 5.32 Å². The molecule has 0 spiro atoms. The first-order chi connectivity index (χ1) is 9.06. The zero-order chi connectivity index (χ0) is 13.8. The molecule has 0 saturated heterocycles. The fourth-order valence-corrected chi connectivity index (χ4v) is 3.28. The van der Waals surface area contributed by atoms with Crippen LogP contribution in [0, 0.1) is 6.92 Å². The molecular weight excluding hydrogens is 282 g/mol. The molecule has 0 unspecified atom stereocenters. The summed E-state index contributed by atoms with van der Waals surface area (Å²) in [5.74, 6) is -1.05. The standard InChI is InChI=1S/C13H13NO3S2/c1-8-7-11(19-12(8)13(16)17)14-10(15)5-4-9-3-2-6-18-9/h2-3,6-7H,4-5H2,1H3,(H,14,15)(H,16,17). The minimum Gasteiger partial charge on any atom is -0.477 e. The predicted octanol–water partition coefficient (Wildman–Crippen LogP) is 3.39. The van der Waals surface area contributed by atoms with Gasteiger partial charge < -0.3 is 10.4 Å². The molecule has 2 heterocycles. The molecular formula is C13H13NO3S2. The average molecular weight is 295 g/mol. The number of aromatic carboxylic acids is 1. The second-order valence-corrected chi connectivity index (χ2v) is 6.14. The number of hydrogen-bond acceptors (Lipinski definition) is 4. The molecule has 0 atom stereocenters. The van der Waals surface area contributed by atoms with Gasteiger partial charge in [-0.3, -0.25) is 4.79 Å². The molecule has 0 bridgehead atoms. The smallest absolute Gasteiger partial charge is 0.346 e. The lowest BCUT2D eigenvalue weighted by Gasteiger charge is -2.00. The molecule has 2 aromatic rings. The molecule has 0 aliphatic heterocycles. The van der Waals surface area contributed by atoms with Gasteiger partial charge in [0.15, 0.2) is 0 Å². The van der Waals surface area contributed by atoms with Gasteiger partial charge in [-0.2, -0.15) is 0 Å². The summed E-state index contributed by atoms with van der Waals surface area (Å²) in [6.45, 7) is 1.72. The summed E-state index contributed by atoms with van der Waals surface area (Å²) in [7, 11) is 0. The van der Waals surface area contributed by atoms with E-state index in [9.17, 15) is 9.59 Å². The van der Waals surface area contributed by atoms with E-state index in [4.69, 9.17) is 5.11 Å². The Hall–Kier alpha value is -1.66. The molecule has 0 aliphatic carbocycles. The van der Waals surface area contributed by atoms with E-state index in [2.05, 4.69) is 5.32 Å². The number of carboxylic acid groups (broad SMARTS) is 1. The Labute approximate surface area is 118 Å². The molecule has 100 valence electrons. The third-order valence-electron chi connectivity index (χ3n) is 2.55. The lowest BCUT2D eigenvalue weighted by atomic mass is 10.2. The Bertz CT molecular complexity index is 587. The summed E-state index contributed by atoms with van der Waals surface area (Å²) in [6.07, 6.45) is 1.11. The van der Waals surface area contributed by atoms with Gasteiger partial charge in [-0.05, 0) is 36.4 Å². The van der Waals surface area contributed by atoms with Crippen LogP contribution in [0.1, 0.15) is 26.5 Å². The van der Waals surface area contributed by atoms with Crippen molar-refractivity contribution in [3.05, 3.63) is 38.9 Å². The number of amides is 1. The second kappa shape index (κ2) is 5.99. The number of rotatable bonds is 5. The molecule has 4 nitrogen and oxygen atoms in total. The molecule has 0 aromatic carbocycles. The number of carbonyl (C=O) groups excluding carboxylic acids is 1. The summed E-state index contributed by atoms with van der Waals surface area (Å²) in [6, 6.07) is 5.65. The Morgan fingerprint density at radius 3 is 2.79 bits per heavy atom. The Balaban J connectivity index is 1.91. The van der Waals surface area contributed by atoms with Crippen LogP contribution in [0.2, 0.25) is 0 Å². The summed E-state index contributed by atoms with van der Waals surface area (Å²) >= 11 is 2.72.